The first-order chi connectivity index (χ1) is 12.4. The summed E-state index contributed by atoms with van der Waals surface area (Å²) in [7, 11) is 3.05. The highest BCUT2D eigenvalue weighted by molar-refractivity contribution is 5.98. The molecule has 0 heterocycles. The van der Waals surface area contributed by atoms with Crippen LogP contribution in [0.3, 0.4) is 0 Å². The smallest absolute Gasteiger partial charge is 0.262 e. The zero-order chi connectivity index (χ0) is 19.1. The number of amides is 2. The molecule has 7 heteroatoms. The van der Waals surface area contributed by atoms with Gasteiger partial charge in [0.1, 0.15) is 11.5 Å². The van der Waals surface area contributed by atoms with Gasteiger partial charge in [0.25, 0.3) is 11.8 Å². The van der Waals surface area contributed by atoms with E-state index < -0.39 is 5.91 Å². The van der Waals surface area contributed by atoms with E-state index in [1.165, 1.54) is 14.0 Å². The summed E-state index contributed by atoms with van der Waals surface area (Å²) < 4.78 is 10.6. The van der Waals surface area contributed by atoms with Gasteiger partial charge in [0.2, 0.25) is 0 Å². The largest absolute Gasteiger partial charge is 0.497 e. The van der Waals surface area contributed by atoms with Crippen molar-refractivity contribution in [3.05, 3.63) is 53.6 Å². The Morgan fingerprint density at radius 2 is 1.73 bits per heavy atom. The molecule has 7 nitrogen and oxygen atoms in total. The van der Waals surface area contributed by atoms with Crippen LogP contribution in [0.4, 0.5) is 5.69 Å². The second kappa shape index (κ2) is 8.66. The van der Waals surface area contributed by atoms with Crippen molar-refractivity contribution in [1.82, 2.24) is 5.32 Å². The van der Waals surface area contributed by atoms with Gasteiger partial charge in [-0.2, -0.15) is 0 Å². The minimum atomic E-state index is -0.394. The minimum absolute atomic E-state index is 0.173. The Bertz CT molecular complexity index is 815. The lowest BCUT2D eigenvalue weighted by Crippen LogP contribution is -2.21. The minimum Gasteiger partial charge on any atom is -0.497 e. The highest BCUT2D eigenvalue weighted by Gasteiger charge is 2.12. The zero-order valence-electron chi connectivity index (χ0n) is 14.8. The standard InChI is InChI=1S/C19H20N2O5/c1-12(22)16-9-8-15(25-3)10-17(16)26-11-18(23)21-14-6-4-13(5-7-14)19(24)20-2/h4-10H,11H2,1-3H3,(H,20,24)(H,21,23). The molecule has 0 saturated heterocycles. The van der Waals surface area contributed by atoms with E-state index in [4.69, 9.17) is 9.47 Å². The molecule has 0 saturated carbocycles. The average molecular weight is 356 g/mol. The first-order valence-corrected chi connectivity index (χ1v) is 7.88. The van der Waals surface area contributed by atoms with E-state index in [1.807, 2.05) is 0 Å². The van der Waals surface area contributed by atoms with E-state index in [2.05, 4.69) is 10.6 Å². The van der Waals surface area contributed by atoms with Gasteiger partial charge in [0, 0.05) is 24.4 Å². The number of carbonyl (C=O) groups excluding carboxylic acids is 3. The highest BCUT2D eigenvalue weighted by Crippen LogP contribution is 2.25. The SMILES string of the molecule is CNC(=O)c1ccc(NC(=O)COc2cc(OC)ccc2C(C)=O)cc1. The fourth-order valence-electron chi connectivity index (χ4n) is 2.23. The third-order valence-corrected chi connectivity index (χ3v) is 3.58. The van der Waals surface area contributed by atoms with Crippen LogP contribution in [0.1, 0.15) is 27.6 Å². The third-order valence-electron chi connectivity index (χ3n) is 3.58. The van der Waals surface area contributed by atoms with Crippen LogP contribution >= 0.6 is 0 Å². The molecule has 0 spiro atoms. The zero-order valence-corrected chi connectivity index (χ0v) is 14.8. The molecule has 136 valence electrons. The molecule has 0 bridgehead atoms. The molecular formula is C19H20N2O5. The van der Waals surface area contributed by atoms with Crippen LogP contribution < -0.4 is 20.1 Å². The molecular weight excluding hydrogens is 336 g/mol. The van der Waals surface area contributed by atoms with Crippen molar-refractivity contribution in [3.63, 3.8) is 0 Å². The first kappa shape index (κ1) is 19.0. The van der Waals surface area contributed by atoms with Crippen LogP contribution in [-0.2, 0) is 4.79 Å². The molecule has 0 aliphatic carbocycles. The van der Waals surface area contributed by atoms with Crippen molar-refractivity contribution < 1.29 is 23.9 Å². The van der Waals surface area contributed by atoms with Crippen molar-refractivity contribution in [3.8, 4) is 11.5 Å². The molecule has 0 radical (unpaired) electrons. The van der Waals surface area contributed by atoms with Crippen molar-refractivity contribution in [1.29, 1.82) is 0 Å². The number of hydrogen-bond acceptors (Lipinski definition) is 5. The van der Waals surface area contributed by atoms with Gasteiger partial charge in [0.15, 0.2) is 12.4 Å². The summed E-state index contributed by atoms with van der Waals surface area (Å²) in [5.74, 6) is 0.0287. The van der Waals surface area contributed by atoms with Gasteiger partial charge in [-0.15, -0.1) is 0 Å². The normalized spacial score (nSPS) is 9.96. The maximum Gasteiger partial charge on any atom is 0.262 e. The van der Waals surface area contributed by atoms with Crippen LogP contribution in [0.25, 0.3) is 0 Å². The fraction of sp³-hybridized carbons (Fsp3) is 0.211. The van der Waals surface area contributed by atoms with Gasteiger partial charge in [-0.25, -0.2) is 0 Å². The fourth-order valence-corrected chi connectivity index (χ4v) is 2.23. The molecule has 0 aliphatic rings. The first-order valence-electron chi connectivity index (χ1n) is 7.88. The Kier molecular flexibility index (Phi) is 6.32. The summed E-state index contributed by atoms with van der Waals surface area (Å²) in [6.07, 6.45) is 0. The van der Waals surface area contributed by atoms with Gasteiger partial charge in [-0.1, -0.05) is 0 Å². The Balaban J connectivity index is 2.00. The number of anilines is 1. The van der Waals surface area contributed by atoms with Gasteiger partial charge < -0.3 is 20.1 Å². The summed E-state index contributed by atoms with van der Waals surface area (Å²) in [6, 6.07) is 11.2. The summed E-state index contributed by atoms with van der Waals surface area (Å²) in [5.41, 5.74) is 1.39. The molecule has 0 aliphatic heterocycles. The van der Waals surface area contributed by atoms with E-state index >= 15 is 0 Å². The van der Waals surface area contributed by atoms with Crippen molar-refractivity contribution in [2.24, 2.45) is 0 Å². The number of rotatable bonds is 7. The second-order valence-electron chi connectivity index (χ2n) is 5.41. The molecule has 2 N–H and O–H groups in total. The van der Waals surface area contributed by atoms with Gasteiger partial charge in [-0.3, -0.25) is 14.4 Å². The number of benzene rings is 2. The number of Topliss-reactive ketones (excluding diaryl/α,β-unsaturated/α-hetero) is 1. The van der Waals surface area contributed by atoms with Gasteiger partial charge in [-0.05, 0) is 43.3 Å². The lowest BCUT2D eigenvalue weighted by atomic mass is 10.1. The van der Waals surface area contributed by atoms with Crippen LogP contribution in [0.5, 0.6) is 11.5 Å². The van der Waals surface area contributed by atoms with Gasteiger partial charge >= 0.3 is 0 Å². The molecule has 2 aromatic carbocycles. The number of carbonyl (C=O) groups is 3. The van der Waals surface area contributed by atoms with E-state index in [1.54, 1.807) is 49.5 Å². The van der Waals surface area contributed by atoms with Crippen LogP contribution in [0, 0.1) is 0 Å². The molecule has 2 rings (SSSR count). The van der Waals surface area contributed by atoms with Crippen LogP contribution in [0.15, 0.2) is 42.5 Å². The monoisotopic (exact) mass is 356 g/mol. The molecule has 26 heavy (non-hydrogen) atoms. The van der Waals surface area contributed by atoms with E-state index in [-0.39, 0.29) is 24.0 Å². The van der Waals surface area contributed by atoms with E-state index in [9.17, 15) is 14.4 Å². The maximum absolute atomic E-state index is 12.1. The quantitative estimate of drug-likeness (QED) is 0.742. The number of ether oxygens (including phenoxy) is 2. The molecule has 0 fully saturated rings. The number of nitrogens with one attached hydrogen (secondary N) is 2. The predicted molar refractivity (Wildman–Crippen MR) is 97.0 cm³/mol. The second-order valence-corrected chi connectivity index (χ2v) is 5.41. The van der Waals surface area contributed by atoms with E-state index in [0.29, 0.717) is 22.6 Å². The summed E-state index contributed by atoms with van der Waals surface area (Å²) >= 11 is 0. The summed E-state index contributed by atoms with van der Waals surface area (Å²) in [5, 5.41) is 5.18. The van der Waals surface area contributed by atoms with E-state index in [0.717, 1.165) is 0 Å². The Morgan fingerprint density at radius 3 is 2.31 bits per heavy atom. The molecule has 2 amide bonds. The maximum atomic E-state index is 12.1. The third kappa shape index (κ3) is 4.83. The topological polar surface area (TPSA) is 93.7 Å². The molecule has 0 aromatic heterocycles. The molecule has 2 aromatic rings. The number of methoxy groups -OCH3 is 1. The predicted octanol–water partition coefficient (Wildman–Crippen LogP) is 2.27. The van der Waals surface area contributed by atoms with Gasteiger partial charge in [0.05, 0.1) is 12.7 Å². The lowest BCUT2D eigenvalue weighted by Gasteiger charge is -2.12. The average Bonchev–Trinajstić information content (AvgIpc) is 2.65. The van der Waals surface area contributed by atoms with Crippen molar-refractivity contribution in [2.45, 2.75) is 6.92 Å². The number of hydrogen-bond donors (Lipinski definition) is 2. The van der Waals surface area contributed by atoms with Crippen molar-refractivity contribution >= 4 is 23.3 Å². The Labute approximate surface area is 151 Å². The Hall–Kier alpha value is -3.35. The van der Waals surface area contributed by atoms with Crippen LogP contribution in [-0.4, -0.2) is 38.4 Å². The molecule has 0 atom stereocenters. The highest BCUT2D eigenvalue weighted by atomic mass is 16.5. The summed E-state index contributed by atoms with van der Waals surface area (Å²) in [4.78, 5) is 35.2. The van der Waals surface area contributed by atoms with Crippen LogP contribution in [0.2, 0.25) is 0 Å². The number of ketones is 1. The lowest BCUT2D eigenvalue weighted by molar-refractivity contribution is -0.118. The van der Waals surface area contributed by atoms with Crippen molar-refractivity contribution in [2.75, 3.05) is 26.1 Å². The summed E-state index contributed by atoms with van der Waals surface area (Å²) in [6.45, 7) is 1.15. The molecule has 0 unspecified atom stereocenters. The Morgan fingerprint density at radius 1 is 1.04 bits per heavy atom.